The van der Waals surface area contributed by atoms with Crippen LogP contribution in [0.15, 0.2) is 119 Å². The van der Waals surface area contributed by atoms with Crippen LogP contribution in [-0.4, -0.2) is 102 Å². The van der Waals surface area contributed by atoms with Gasteiger partial charge in [0.15, 0.2) is 11.9 Å². The van der Waals surface area contributed by atoms with Crippen LogP contribution in [0.25, 0.3) is 22.6 Å². The molecule has 3 aromatic heterocycles. The number of ether oxygens (including phenoxy) is 1. The Labute approximate surface area is 459 Å². The van der Waals surface area contributed by atoms with E-state index in [1.54, 1.807) is 67.0 Å². The molecule has 0 bridgehead atoms. The van der Waals surface area contributed by atoms with Gasteiger partial charge in [-0.15, -0.1) is 0 Å². The van der Waals surface area contributed by atoms with E-state index in [1.165, 1.54) is 40.0 Å². The Bertz CT molecular complexity index is 3350. The van der Waals surface area contributed by atoms with E-state index < -0.39 is 26.0 Å². The molecule has 0 spiro atoms. The zero-order valence-electron chi connectivity index (χ0n) is 39.9. The molecular weight excluding hydrogens is 1120 g/mol. The van der Waals surface area contributed by atoms with Crippen molar-refractivity contribution < 1.29 is 36.3 Å². The van der Waals surface area contributed by atoms with Gasteiger partial charge in [-0.25, -0.2) is 31.8 Å². The molecule has 0 aliphatic carbocycles. The number of anilines is 2. The molecule has 2 aliphatic rings. The number of carboxylic acid groups (broad SMARTS) is 1. The van der Waals surface area contributed by atoms with Gasteiger partial charge in [0, 0.05) is 83.8 Å². The lowest BCUT2D eigenvalue weighted by atomic mass is 10.1. The van der Waals surface area contributed by atoms with Crippen LogP contribution in [0.4, 0.5) is 11.5 Å². The number of carboxylic acids is 1. The third kappa shape index (κ3) is 14.6. The van der Waals surface area contributed by atoms with Crippen molar-refractivity contribution in [1.82, 2.24) is 28.1 Å². The van der Waals surface area contributed by atoms with Crippen LogP contribution in [0.5, 0.6) is 5.75 Å². The molecule has 0 amide bonds. The number of rotatable bonds is 10. The number of fused-ring (bicyclic) bond motifs is 1. The lowest BCUT2D eigenvalue weighted by Crippen LogP contribution is -2.42. The number of aliphatic carboxylic acids is 1. The van der Waals surface area contributed by atoms with Gasteiger partial charge in [-0.3, -0.25) is 9.59 Å². The number of hydrogen-bond donors (Lipinski definition) is 3. The third-order valence-corrected chi connectivity index (χ3v) is 17.3. The molecule has 0 atom stereocenters. The molecule has 2 saturated heterocycles. The monoisotopic (exact) mass is 1160 g/mol. The van der Waals surface area contributed by atoms with Gasteiger partial charge in [0.05, 0.1) is 37.7 Å². The molecule has 5 heterocycles. The first kappa shape index (κ1) is 58.0. The van der Waals surface area contributed by atoms with Crippen molar-refractivity contribution in [2.24, 2.45) is 0 Å². The minimum Gasteiger partial charge on any atom is -0.495 e. The number of aryl methyl sites for hydroxylation is 1. The Morgan fingerprint density at radius 3 is 1.84 bits per heavy atom. The van der Waals surface area contributed by atoms with E-state index in [0.717, 1.165) is 29.2 Å². The standard InChI is InChI=1S/C24H21Cl3N4O2S.C17H21ClN4O3S.C7H4Cl2O.C2H4O2/c1-15-4-6-18(14-20(15)26)34(32,33)30-11-8-17(9-12-30)31-23(19-7-5-16(25)13-21(19)27)29-22-3-2-10-28-24(22)31;1-25-16-5-4-13(11-14(16)18)26(23,24)22-9-6-12(7-10-22)21-17-15(19)3-2-8-20-17;8-6-2-1-5(4-10)7(9)3-6;1-2(3)4/h2-7,10,13-14,17H,8-9,11-12H2,1H3;2-5,8,11-12H,6-7,9-10,19H2,1H3,(H,20,21);1-4H;1H3,(H,3,4). The number of aromatic nitrogens is 4. The number of sulfonamides is 2. The summed E-state index contributed by atoms with van der Waals surface area (Å²) in [7, 11) is -5.74. The summed E-state index contributed by atoms with van der Waals surface area (Å²) in [5, 5.41) is 13.4. The van der Waals surface area contributed by atoms with Gasteiger partial charge in [-0.2, -0.15) is 8.61 Å². The second kappa shape index (κ2) is 26.0. The molecule has 74 heavy (non-hydrogen) atoms. The zero-order chi connectivity index (χ0) is 53.9. The average molecular weight is 1170 g/mol. The number of piperidine rings is 2. The summed E-state index contributed by atoms with van der Waals surface area (Å²) in [5.41, 5.74) is 10.0. The SMILES string of the molecule is CC(=O)O.COc1ccc(S(=O)(=O)N2CCC(Nc3ncccc3N)CC2)cc1Cl.Cc1ccc(S(=O)(=O)N2CCC(n3c(-c4ccc(Cl)cc4Cl)nc4cccnc43)CC2)cc1Cl.O=Cc1ccc(Cl)cc1Cl. The van der Waals surface area contributed by atoms with Gasteiger partial charge in [0.2, 0.25) is 20.0 Å². The second-order valence-corrected chi connectivity index (χ2v) is 23.1. The maximum atomic E-state index is 13.2. The number of imidazole rings is 1. The zero-order valence-corrected chi connectivity index (χ0v) is 46.1. The van der Waals surface area contributed by atoms with Gasteiger partial charge in [0.1, 0.15) is 22.9 Å². The van der Waals surface area contributed by atoms with Crippen molar-refractivity contribution in [2.45, 2.75) is 61.4 Å². The predicted octanol–water partition coefficient (Wildman–Crippen LogP) is 11.9. The number of aldehydes is 1. The topological polar surface area (TPSA) is 220 Å². The van der Waals surface area contributed by atoms with E-state index in [0.29, 0.717) is 112 Å². The number of nitrogen functional groups attached to an aromatic ring is 1. The molecule has 7 aromatic rings. The molecule has 2 aliphatic heterocycles. The Balaban J connectivity index is 0.000000196. The number of halogens is 6. The fourth-order valence-electron chi connectivity index (χ4n) is 7.89. The number of hydrogen-bond acceptors (Lipinski definition) is 12. The van der Waals surface area contributed by atoms with Gasteiger partial charge in [0.25, 0.3) is 5.97 Å². The Hall–Kier alpha value is -5.25. The molecule has 9 rings (SSSR count). The number of nitrogens with two attached hydrogens (primary N) is 1. The molecule has 392 valence electrons. The summed E-state index contributed by atoms with van der Waals surface area (Å²) < 4.78 is 62.3. The van der Waals surface area contributed by atoms with Crippen LogP contribution >= 0.6 is 69.6 Å². The summed E-state index contributed by atoms with van der Waals surface area (Å²) in [6.45, 7) is 4.50. The normalized spacial score (nSPS) is 14.6. The maximum absolute atomic E-state index is 13.2. The molecule has 16 nitrogen and oxygen atoms in total. The van der Waals surface area contributed by atoms with E-state index in [1.807, 2.05) is 25.1 Å². The highest BCUT2D eigenvalue weighted by Gasteiger charge is 2.33. The first-order chi connectivity index (χ1) is 35.1. The number of nitrogens with one attached hydrogen (secondary N) is 1. The summed E-state index contributed by atoms with van der Waals surface area (Å²) in [6, 6.07) is 26.9. The molecule has 2 fully saturated rings. The van der Waals surface area contributed by atoms with Gasteiger partial charge in [-0.1, -0.05) is 75.7 Å². The highest BCUT2D eigenvalue weighted by Crippen LogP contribution is 2.38. The molecule has 24 heteroatoms. The fraction of sp³-hybridized carbons (Fsp3) is 0.260. The molecule has 0 unspecified atom stereocenters. The third-order valence-electron chi connectivity index (χ3n) is 11.7. The summed E-state index contributed by atoms with van der Waals surface area (Å²) >= 11 is 36.1. The smallest absolute Gasteiger partial charge is 0.300 e. The predicted molar refractivity (Wildman–Crippen MR) is 293 cm³/mol. The number of nitrogens with zero attached hydrogens (tertiary/aromatic N) is 6. The number of methoxy groups -OCH3 is 1. The van der Waals surface area contributed by atoms with E-state index >= 15 is 0 Å². The van der Waals surface area contributed by atoms with Crippen LogP contribution in [0.1, 0.15) is 54.6 Å². The summed E-state index contributed by atoms with van der Waals surface area (Å²) in [4.78, 5) is 33.2. The Morgan fingerprint density at radius 2 is 1.28 bits per heavy atom. The fourth-order valence-corrected chi connectivity index (χ4v) is 12.4. The number of benzene rings is 4. The highest BCUT2D eigenvalue weighted by molar-refractivity contribution is 7.89. The lowest BCUT2D eigenvalue weighted by Gasteiger charge is -2.32. The van der Waals surface area contributed by atoms with Crippen molar-refractivity contribution in [3.05, 3.63) is 151 Å². The molecular formula is C50H50Cl6N8O8S2. The second-order valence-electron chi connectivity index (χ2n) is 16.7. The molecule has 4 N–H and O–H groups in total. The van der Waals surface area contributed by atoms with Crippen LogP contribution in [0, 0.1) is 6.92 Å². The van der Waals surface area contributed by atoms with E-state index in [4.69, 9.17) is 95.0 Å². The molecule has 4 aromatic carbocycles. The number of carbonyl (C=O) groups is 2. The van der Waals surface area contributed by atoms with Gasteiger partial charge >= 0.3 is 0 Å². The molecule has 0 saturated carbocycles. The van der Waals surface area contributed by atoms with Crippen molar-refractivity contribution in [1.29, 1.82) is 0 Å². The van der Waals surface area contributed by atoms with Crippen molar-refractivity contribution >= 4 is 125 Å². The Kier molecular flexibility index (Phi) is 20.4. The number of pyridine rings is 2. The Morgan fingerprint density at radius 1 is 0.730 bits per heavy atom. The highest BCUT2D eigenvalue weighted by atomic mass is 35.5. The van der Waals surface area contributed by atoms with Crippen LogP contribution in [0.2, 0.25) is 30.1 Å². The maximum Gasteiger partial charge on any atom is 0.300 e. The van der Waals surface area contributed by atoms with E-state index in [9.17, 15) is 21.6 Å². The van der Waals surface area contributed by atoms with Crippen molar-refractivity contribution in [3.63, 3.8) is 0 Å². The van der Waals surface area contributed by atoms with Gasteiger partial charge < -0.3 is 25.5 Å². The van der Waals surface area contributed by atoms with Crippen molar-refractivity contribution in [2.75, 3.05) is 44.3 Å². The van der Waals surface area contributed by atoms with Gasteiger partial charge in [-0.05, 0) is 129 Å². The summed E-state index contributed by atoms with van der Waals surface area (Å²) in [5.74, 6) is 0.944. The minimum absolute atomic E-state index is 0.00898. The summed E-state index contributed by atoms with van der Waals surface area (Å²) in [6.07, 6.45) is 6.65. The molecule has 0 radical (unpaired) electrons. The first-order valence-electron chi connectivity index (χ1n) is 22.6. The number of carbonyl (C=O) groups excluding carboxylic acids is 1. The van der Waals surface area contributed by atoms with Crippen molar-refractivity contribution in [3.8, 4) is 17.1 Å². The lowest BCUT2D eigenvalue weighted by molar-refractivity contribution is -0.134. The quantitative estimate of drug-likeness (QED) is 0.109. The van der Waals surface area contributed by atoms with Crippen LogP contribution < -0.4 is 15.8 Å². The van der Waals surface area contributed by atoms with E-state index in [2.05, 4.69) is 19.9 Å². The first-order valence-corrected chi connectivity index (χ1v) is 27.7. The largest absolute Gasteiger partial charge is 0.495 e. The minimum atomic E-state index is -3.64. The van der Waals surface area contributed by atoms with Crippen LogP contribution in [0.3, 0.4) is 0 Å². The van der Waals surface area contributed by atoms with E-state index in [-0.39, 0.29) is 26.9 Å². The van der Waals surface area contributed by atoms with Crippen LogP contribution in [-0.2, 0) is 24.8 Å². The average Bonchev–Trinajstić information content (AvgIpc) is 3.75.